The largest absolute Gasteiger partial charge is 0.409 e. The molecule has 5 heteroatoms. The SMILES string of the molecule is NC(=NO)c1cc(F)ccc1COCC1CCCC1. The van der Waals surface area contributed by atoms with Crippen molar-refractivity contribution in [2.75, 3.05) is 6.61 Å². The highest BCUT2D eigenvalue weighted by atomic mass is 19.1. The monoisotopic (exact) mass is 266 g/mol. The molecule has 2 rings (SSSR count). The van der Waals surface area contributed by atoms with E-state index in [1.54, 1.807) is 6.07 Å². The zero-order valence-electron chi connectivity index (χ0n) is 10.8. The molecule has 0 amide bonds. The van der Waals surface area contributed by atoms with Crippen molar-refractivity contribution in [3.05, 3.63) is 35.1 Å². The van der Waals surface area contributed by atoms with Crippen LogP contribution in [-0.2, 0) is 11.3 Å². The number of hydrogen-bond donors (Lipinski definition) is 2. The summed E-state index contributed by atoms with van der Waals surface area (Å²) in [4.78, 5) is 0. The maximum atomic E-state index is 13.2. The molecular formula is C14H19FN2O2. The molecule has 0 aliphatic heterocycles. The van der Waals surface area contributed by atoms with Gasteiger partial charge in [0.25, 0.3) is 0 Å². The van der Waals surface area contributed by atoms with Gasteiger partial charge in [-0.2, -0.15) is 0 Å². The van der Waals surface area contributed by atoms with Crippen LogP contribution in [0.25, 0.3) is 0 Å². The molecule has 0 radical (unpaired) electrons. The van der Waals surface area contributed by atoms with Crippen molar-refractivity contribution in [1.82, 2.24) is 0 Å². The lowest BCUT2D eigenvalue weighted by Gasteiger charge is -2.12. The minimum absolute atomic E-state index is 0.0982. The van der Waals surface area contributed by atoms with Crippen molar-refractivity contribution in [1.29, 1.82) is 0 Å². The van der Waals surface area contributed by atoms with Gasteiger partial charge in [-0.15, -0.1) is 0 Å². The van der Waals surface area contributed by atoms with Gasteiger partial charge in [0, 0.05) is 12.2 Å². The first kappa shape index (κ1) is 13.8. The molecule has 19 heavy (non-hydrogen) atoms. The first-order valence-corrected chi connectivity index (χ1v) is 6.54. The van der Waals surface area contributed by atoms with Gasteiger partial charge in [0.1, 0.15) is 5.82 Å². The van der Waals surface area contributed by atoms with Gasteiger partial charge in [0.05, 0.1) is 6.61 Å². The topological polar surface area (TPSA) is 67.8 Å². The summed E-state index contributed by atoms with van der Waals surface area (Å²) in [5.41, 5.74) is 6.65. The molecule has 0 heterocycles. The van der Waals surface area contributed by atoms with Crippen molar-refractivity contribution in [3.8, 4) is 0 Å². The summed E-state index contributed by atoms with van der Waals surface area (Å²) >= 11 is 0. The average molecular weight is 266 g/mol. The van der Waals surface area contributed by atoms with Gasteiger partial charge in [0.15, 0.2) is 5.84 Å². The number of nitrogens with zero attached hydrogens (tertiary/aromatic N) is 1. The highest BCUT2D eigenvalue weighted by Gasteiger charge is 2.15. The Balaban J connectivity index is 1.98. The van der Waals surface area contributed by atoms with Crippen molar-refractivity contribution in [2.24, 2.45) is 16.8 Å². The van der Waals surface area contributed by atoms with Crippen LogP contribution in [0, 0.1) is 11.7 Å². The van der Waals surface area contributed by atoms with Gasteiger partial charge in [-0.25, -0.2) is 4.39 Å². The van der Waals surface area contributed by atoms with E-state index in [2.05, 4.69) is 5.16 Å². The fourth-order valence-electron chi connectivity index (χ4n) is 2.48. The van der Waals surface area contributed by atoms with E-state index in [0.29, 0.717) is 24.7 Å². The van der Waals surface area contributed by atoms with Crippen LogP contribution < -0.4 is 5.73 Å². The quantitative estimate of drug-likeness (QED) is 0.372. The lowest BCUT2D eigenvalue weighted by Crippen LogP contribution is -2.17. The van der Waals surface area contributed by atoms with Gasteiger partial charge in [-0.05, 0) is 36.5 Å². The van der Waals surface area contributed by atoms with Crippen molar-refractivity contribution >= 4 is 5.84 Å². The first-order valence-electron chi connectivity index (χ1n) is 6.54. The van der Waals surface area contributed by atoms with Crippen LogP contribution in [0.4, 0.5) is 4.39 Å². The molecule has 1 aromatic rings. The Morgan fingerprint density at radius 2 is 2.16 bits per heavy atom. The average Bonchev–Trinajstić information content (AvgIpc) is 2.92. The van der Waals surface area contributed by atoms with Crippen LogP contribution in [0.5, 0.6) is 0 Å². The predicted molar refractivity (Wildman–Crippen MR) is 70.5 cm³/mol. The van der Waals surface area contributed by atoms with E-state index in [-0.39, 0.29) is 5.84 Å². The van der Waals surface area contributed by atoms with Crippen LogP contribution >= 0.6 is 0 Å². The molecule has 0 bridgehead atoms. The Bertz CT molecular complexity index is 457. The molecule has 0 unspecified atom stereocenters. The number of nitrogens with two attached hydrogens (primary N) is 1. The molecular weight excluding hydrogens is 247 g/mol. The van der Waals surface area contributed by atoms with E-state index in [1.165, 1.54) is 37.8 Å². The summed E-state index contributed by atoms with van der Waals surface area (Å²) in [6, 6.07) is 4.21. The fraction of sp³-hybridized carbons (Fsp3) is 0.500. The first-order chi connectivity index (χ1) is 9.20. The zero-order valence-corrected chi connectivity index (χ0v) is 10.8. The van der Waals surface area contributed by atoms with E-state index in [9.17, 15) is 4.39 Å². The highest BCUT2D eigenvalue weighted by molar-refractivity contribution is 5.98. The Morgan fingerprint density at radius 3 is 2.84 bits per heavy atom. The molecule has 3 N–H and O–H groups in total. The molecule has 104 valence electrons. The second kappa shape index (κ2) is 6.52. The lowest BCUT2D eigenvalue weighted by atomic mass is 10.1. The number of rotatable bonds is 5. The van der Waals surface area contributed by atoms with Gasteiger partial charge in [0.2, 0.25) is 0 Å². The minimum atomic E-state index is -0.416. The fourth-order valence-corrected chi connectivity index (χ4v) is 2.48. The third-order valence-electron chi connectivity index (χ3n) is 3.54. The normalized spacial score (nSPS) is 17.0. The van der Waals surface area contributed by atoms with Gasteiger partial charge in [-0.1, -0.05) is 24.1 Å². The maximum Gasteiger partial charge on any atom is 0.170 e. The maximum absolute atomic E-state index is 13.2. The van der Waals surface area contributed by atoms with Crippen LogP contribution in [-0.4, -0.2) is 17.6 Å². The van der Waals surface area contributed by atoms with Crippen LogP contribution in [0.15, 0.2) is 23.4 Å². The Labute approximate surface area is 112 Å². The molecule has 1 aromatic carbocycles. The van der Waals surface area contributed by atoms with Gasteiger partial charge in [-0.3, -0.25) is 0 Å². The summed E-state index contributed by atoms with van der Waals surface area (Å²) in [5.74, 6) is 0.118. The smallest absolute Gasteiger partial charge is 0.170 e. The number of ether oxygens (including phenoxy) is 1. The minimum Gasteiger partial charge on any atom is -0.409 e. The van der Waals surface area contributed by atoms with Crippen molar-refractivity contribution in [3.63, 3.8) is 0 Å². The summed E-state index contributed by atoms with van der Waals surface area (Å²) in [6.45, 7) is 1.06. The van der Waals surface area contributed by atoms with E-state index in [1.807, 2.05) is 0 Å². The number of hydrogen-bond acceptors (Lipinski definition) is 3. The van der Waals surface area contributed by atoms with Crippen LogP contribution in [0.3, 0.4) is 0 Å². The number of amidine groups is 1. The standard InChI is InChI=1S/C14H19FN2O2/c15-12-6-5-11(13(7-12)14(16)17-18)9-19-8-10-3-1-2-4-10/h5-7,10,18H,1-4,8-9H2,(H2,16,17). The predicted octanol–water partition coefficient (Wildman–Crippen LogP) is 2.63. The number of oxime groups is 1. The van der Waals surface area contributed by atoms with Gasteiger partial charge >= 0.3 is 0 Å². The molecule has 1 aliphatic carbocycles. The van der Waals surface area contributed by atoms with E-state index < -0.39 is 5.82 Å². The molecule has 0 atom stereocenters. The van der Waals surface area contributed by atoms with E-state index in [4.69, 9.17) is 15.7 Å². The van der Waals surface area contributed by atoms with Crippen LogP contribution in [0.2, 0.25) is 0 Å². The molecule has 1 saturated carbocycles. The summed E-state index contributed by atoms with van der Waals surface area (Å²) in [7, 11) is 0. The third-order valence-corrected chi connectivity index (χ3v) is 3.54. The summed E-state index contributed by atoms with van der Waals surface area (Å²) in [5, 5.41) is 11.6. The second-order valence-electron chi connectivity index (χ2n) is 4.95. The van der Waals surface area contributed by atoms with Crippen molar-refractivity contribution < 1.29 is 14.3 Å². The van der Waals surface area contributed by atoms with E-state index >= 15 is 0 Å². The highest BCUT2D eigenvalue weighted by Crippen LogP contribution is 2.25. The Kier molecular flexibility index (Phi) is 4.74. The van der Waals surface area contributed by atoms with Crippen LogP contribution in [0.1, 0.15) is 36.8 Å². The zero-order chi connectivity index (χ0) is 13.7. The van der Waals surface area contributed by atoms with Gasteiger partial charge < -0.3 is 15.7 Å². The molecule has 4 nitrogen and oxygen atoms in total. The summed E-state index contributed by atoms with van der Waals surface area (Å²) in [6.07, 6.45) is 4.99. The number of benzene rings is 1. The molecule has 0 aromatic heterocycles. The van der Waals surface area contributed by atoms with E-state index in [0.717, 1.165) is 5.56 Å². The molecule has 1 aliphatic rings. The Hall–Kier alpha value is -1.62. The second-order valence-corrected chi connectivity index (χ2v) is 4.95. The lowest BCUT2D eigenvalue weighted by molar-refractivity contribution is 0.0887. The van der Waals surface area contributed by atoms with Crippen molar-refractivity contribution in [2.45, 2.75) is 32.3 Å². The Morgan fingerprint density at radius 1 is 1.42 bits per heavy atom. The third kappa shape index (κ3) is 3.67. The number of halogens is 1. The summed E-state index contributed by atoms with van der Waals surface area (Å²) < 4.78 is 18.8. The molecule has 1 fully saturated rings. The molecule has 0 saturated heterocycles. The molecule has 0 spiro atoms.